The van der Waals surface area contributed by atoms with E-state index in [0.29, 0.717) is 38.7 Å². The van der Waals surface area contributed by atoms with E-state index in [0.717, 1.165) is 10.4 Å². The Morgan fingerprint density at radius 2 is 2.07 bits per heavy atom. The first-order valence-corrected chi connectivity index (χ1v) is 10.3. The zero-order valence-corrected chi connectivity index (χ0v) is 17.6. The minimum Gasteiger partial charge on any atom is -0.454 e. The van der Waals surface area contributed by atoms with E-state index < -0.39 is 5.91 Å². The molecule has 3 aromatic rings. The highest BCUT2D eigenvalue weighted by Gasteiger charge is 2.16. The number of nitrogens with zero attached hydrogens (tertiary/aromatic N) is 2. The second-order valence-electron chi connectivity index (χ2n) is 6.28. The van der Waals surface area contributed by atoms with Gasteiger partial charge < -0.3 is 9.47 Å². The van der Waals surface area contributed by atoms with Gasteiger partial charge in [0, 0.05) is 27.5 Å². The van der Waals surface area contributed by atoms with Crippen LogP contribution in [0.15, 0.2) is 48.2 Å². The largest absolute Gasteiger partial charge is 0.454 e. The van der Waals surface area contributed by atoms with Crippen LogP contribution >= 0.6 is 34.5 Å². The molecule has 0 spiro atoms. The average Bonchev–Trinajstić information content (AvgIpc) is 3.37. The van der Waals surface area contributed by atoms with Gasteiger partial charge in [0.15, 0.2) is 16.6 Å². The lowest BCUT2D eigenvalue weighted by atomic mass is 10.1. The van der Waals surface area contributed by atoms with Gasteiger partial charge in [-0.2, -0.15) is 5.26 Å². The molecule has 30 heavy (non-hydrogen) atoms. The number of hydrogen-bond acceptors (Lipinski definition) is 6. The molecule has 0 unspecified atom stereocenters. The van der Waals surface area contributed by atoms with Crippen LogP contribution in [0.1, 0.15) is 16.0 Å². The fourth-order valence-corrected chi connectivity index (χ4v) is 4.01. The molecule has 0 atom stereocenters. The monoisotopic (exact) mass is 457 g/mol. The summed E-state index contributed by atoms with van der Waals surface area (Å²) >= 11 is 13.5. The Hall–Kier alpha value is -3.05. The molecule has 1 N–H and O–H groups in total. The van der Waals surface area contributed by atoms with Gasteiger partial charge in [-0.25, -0.2) is 4.98 Å². The number of carbonyl (C=O) groups is 1. The third-order valence-corrected chi connectivity index (χ3v) is 5.74. The van der Waals surface area contributed by atoms with Crippen LogP contribution in [-0.2, 0) is 11.2 Å². The van der Waals surface area contributed by atoms with Crippen molar-refractivity contribution < 1.29 is 14.3 Å². The highest BCUT2D eigenvalue weighted by atomic mass is 35.5. The minimum absolute atomic E-state index is 0.0523. The van der Waals surface area contributed by atoms with Crippen molar-refractivity contribution in [3.63, 3.8) is 0 Å². The molecule has 2 aromatic carbocycles. The summed E-state index contributed by atoms with van der Waals surface area (Å²) in [6.07, 6.45) is 3.67. The Kier molecular flexibility index (Phi) is 5.91. The Morgan fingerprint density at radius 3 is 2.90 bits per heavy atom. The number of carbonyl (C=O) groups excluding carboxylic acids is 1. The third-order valence-electron chi connectivity index (χ3n) is 4.22. The number of rotatable bonds is 5. The van der Waals surface area contributed by atoms with Crippen molar-refractivity contribution in [1.82, 2.24) is 4.98 Å². The van der Waals surface area contributed by atoms with Crippen molar-refractivity contribution in [3.05, 3.63) is 74.2 Å². The van der Waals surface area contributed by atoms with Crippen LogP contribution in [0.4, 0.5) is 5.13 Å². The molecule has 2 heterocycles. The predicted molar refractivity (Wildman–Crippen MR) is 116 cm³/mol. The van der Waals surface area contributed by atoms with Crippen LogP contribution in [0.2, 0.25) is 10.0 Å². The van der Waals surface area contributed by atoms with Gasteiger partial charge in [0.2, 0.25) is 6.79 Å². The van der Waals surface area contributed by atoms with E-state index in [4.69, 9.17) is 32.7 Å². The van der Waals surface area contributed by atoms with Crippen LogP contribution in [0, 0.1) is 11.3 Å². The van der Waals surface area contributed by atoms with Gasteiger partial charge in [0.05, 0.1) is 0 Å². The molecule has 0 aliphatic carbocycles. The molecule has 150 valence electrons. The number of benzene rings is 2. The number of nitrogens with one attached hydrogen (secondary N) is 1. The number of fused-ring (bicyclic) bond motifs is 1. The van der Waals surface area contributed by atoms with Crippen molar-refractivity contribution in [3.8, 4) is 17.6 Å². The van der Waals surface area contributed by atoms with E-state index in [9.17, 15) is 10.1 Å². The van der Waals surface area contributed by atoms with Gasteiger partial charge in [-0.1, -0.05) is 29.3 Å². The smallest absolute Gasteiger partial charge is 0.268 e. The fraction of sp³-hybridized carbons (Fsp3) is 0.0952. The molecule has 6 nitrogen and oxygen atoms in total. The minimum atomic E-state index is -0.545. The van der Waals surface area contributed by atoms with Crippen molar-refractivity contribution >= 4 is 51.7 Å². The molecule has 1 aliphatic rings. The first kappa shape index (κ1) is 20.2. The molecule has 4 rings (SSSR count). The van der Waals surface area contributed by atoms with Crippen LogP contribution in [0.25, 0.3) is 6.08 Å². The van der Waals surface area contributed by atoms with Crippen LogP contribution in [0.5, 0.6) is 11.5 Å². The standard InChI is InChI=1S/C21H13Cl2N3O3S/c22-15-2-3-17(23)13(7-15)8-16-10-25-21(30-16)26-20(27)14(9-24)5-12-1-4-18-19(6-12)29-11-28-18/h1-7,10H,8,11H2,(H,25,26,27). The normalized spacial score (nSPS) is 12.5. The summed E-state index contributed by atoms with van der Waals surface area (Å²) in [5, 5.41) is 13.7. The van der Waals surface area contributed by atoms with E-state index in [1.54, 1.807) is 42.6 Å². The molecule has 0 saturated carbocycles. The lowest BCUT2D eigenvalue weighted by molar-refractivity contribution is -0.112. The molecule has 0 radical (unpaired) electrons. The zero-order chi connectivity index (χ0) is 21.1. The Morgan fingerprint density at radius 1 is 1.23 bits per heavy atom. The summed E-state index contributed by atoms with van der Waals surface area (Å²) in [5.74, 6) is 0.660. The quantitative estimate of drug-likeness (QED) is 0.414. The van der Waals surface area contributed by atoms with Gasteiger partial charge in [-0.15, -0.1) is 11.3 Å². The Balaban J connectivity index is 1.46. The van der Waals surface area contributed by atoms with E-state index in [-0.39, 0.29) is 12.4 Å². The average molecular weight is 458 g/mol. The summed E-state index contributed by atoms with van der Waals surface area (Å²) in [5.41, 5.74) is 1.47. The molecule has 0 bridgehead atoms. The summed E-state index contributed by atoms with van der Waals surface area (Å²) in [6, 6.07) is 12.4. The molecule has 0 saturated heterocycles. The number of aromatic nitrogens is 1. The Labute approximate surface area is 186 Å². The maximum atomic E-state index is 12.5. The van der Waals surface area contributed by atoms with E-state index in [2.05, 4.69) is 10.3 Å². The van der Waals surface area contributed by atoms with Gasteiger partial charge >= 0.3 is 0 Å². The van der Waals surface area contributed by atoms with E-state index in [1.807, 2.05) is 6.07 Å². The van der Waals surface area contributed by atoms with Crippen molar-refractivity contribution in [2.45, 2.75) is 6.42 Å². The highest BCUT2D eigenvalue weighted by molar-refractivity contribution is 7.15. The van der Waals surface area contributed by atoms with Crippen molar-refractivity contribution in [1.29, 1.82) is 5.26 Å². The second-order valence-corrected chi connectivity index (χ2v) is 8.24. The Bertz CT molecular complexity index is 1200. The lowest BCUT2D eigenvalue weighted by Crippen LogP contribution is -2.13. The fourth-order valence-electron chi connectivity index (χ4n) is 2.80. The molecular formula is C21H13Cl2N3O3S. The summed E-state index contributed by atoms with van der Waals surface area (Å²) in [4.78, 5) is 17.6. The molecule has 1 amide bonds. The topological polar surface area (TPSA) is 84.2 Å². The van der Waals surface area contributed by atoms with Crippen LogP contribution in [0.3, 0.4) is 0 Å². The number of hydrogen-bond donors (Lipinski definition) is 1. The van der Waals surface area contributed by atoms with Gasteiger partial charge in [-0.05, 0) is 47.5 Å². The molecule has 0 fully saturated rings. The van der Waals surface area contributed by atoms with Crippen molar-refractivity contribution in [2.75, 3.05) is 12.1 Å². The summed E-state index contributed by atoms with van der Waals surface area (Å²) in [7, 11) is 0. The molecule has 9 heteroatoms. The number of thiazole rings is 1. The number of nitriles is 1. The number of anilines is 1. The lowest BCUT2D eigenvalue weighted by Gasteiger charge is -2.03. The number of halogens is 2. The number of amides is 1. The van der Waals surface area contributed by atoms with Crippen LogP contribution in [-0.4, -0.2) is 17.7 Å². The first-order valence-electron chi connectivity index (χ1n) is 8.73. The summed E-state index contributed by atoms with van der Waals surface area (Å²) < 4.78 is 10.6. The SMILES string of the molecule is N#CC(=Cc1ccc2c(c1)OCO2)C(=O)Nc1ncc(Cc2cc(Cl)ccc2Cl)s1. The second kappa shape index (κ2) is 8.76. The summed E-state index contributed by atoms with van der Waals surface area (Å²) in [6.45, 7) is 0.154. The first-order chi connectivity index (χ1) is 14.5. The maximum absolute atomic E-state index is 12.5. The zero-order valence-electron chi connectivity index (χ0n) is 15.3. The van der Waals surface area contributed by atoms with E-state index in [1.165, 1.54) is 17.4 Å². The van der Waals surface area contributed by atoms with E-state index >= 15 is 0 Å². The molecule has 1 aliphatic heterocycles. The van der Waals surface area contributed by atoms with Crippen molar-refractivity contribution in [2.24, 2.45) is 0 Å². The molecule has 1 aromatic heterocycles. The number of ether oxygens (including phenoxy) is 2. The van der Waals surface area contributed by atoms with Gasteiger partial charge in [0.1, 0.15) is 11.6 Å². The maximum Gasteiger partial charge on any atom is 0.268 e. The van der Waals surface area contributed by atoms with Crippen LogP contribution < -0.4 is 14.8 Å². The molecular weight excluding hydrogens is 445 g/mol. The highest BCUT2D eigenvalue weighted by Crippen LogP contribution is 2.33. The third kappa shape index (κ3) is 4.57. The predicted octanol–water partition coefficient (Wildman–Crippen LogP) is 5.32. The van der Waals surface area contributed by atoms with Gasteiger partial charge in [-0.3, -0.25) is 10.1 Å². The van der Waals surface area contributed by atoms with Gasteiger partial charge in [0.25, 0.3) is 5.91 Å².